The molecule has 2 atom stereocenters. The summed E-state index contributed by atoms with van der Waals surface area (Å²) < 4.78 is 0. The van der Waals surface area contributed by atoms with Crippen LogP contribution in [0.1, 0.15) is 32.8 Å². The van der Waals surface area contributed by atoms with Crippen molar-refractivity contribution in [2.45, 2.75) is 40.2 Å². The number of hydrogen-bond acceptors (Lipinski definition) is 3. The topological polar surface area (TPSA) is 64.7 Å². The van der Waals surface area contributed by atoms with E-state index >= 15 is 0 Å². The molecule has 0 spiro atoms. The van der Waals surface area contributed by atoms with E-state index in [9.17, 15) is 9.59 Å². The number of urea groups is 1. The van der Waals surface area contributed by atoms with E-state index in [0.717, 1.165) is 37.3 Å². The first-order chi connectivity index (χ1) is 11.8. The minimum atomic E-state index is -0.125. The Morgan fingerprint density at radius 3 is 2.64 bits per heavy atom. The standard InChI is InChI=1S/C19H30N4O2/c1-6-23-10-9-18(14(3)12-23)22(5)19(25)21-16-8-7-13(2)17(11-16)20-15(4)24/h7-8,11,14,18H,6,9-10,12H2,1-5H3,(H,20,24)(H,21,25)/t14-,18+/m0/s1. The second kappa shape index (κ2) is 8.34. The lowest BCUT2D eigenvalue weighted by Crippen LogP contribution is -2.51. The molecule has 0 aliphatic carbocycles. The van der Waals surface area contributed by atoms with Gasteiger partial charge < -0.3 is 20.4 Å². The summed E-state index contributed by atoms with van der Waals surface area (Å²) in [4.78, 5) is 28.2. The number of piperidine rings is 1. The van der Waals surface area contributed by atoms with Gasteiger partial charge in [-0.1, -0.05) is 19.9 Å². The highest BCUT2D eigenvalue weighted by Crippen LogP contribution is 2.23. The first kappa shape index (κ1) is 19.2. The van der Waals surface area contributed by atoms with Gasteiger partial charge in [-0.05, 0) is 43.5 Å². The summed E-state index contributed by atoms with van der Waals surface area (Å²) in [7, 11) is 1.86. The Kier molecular flexibility index (Phi) is 6.42. The molecule has 138 valence electrons. The average molecular weight is 346 g/mol. The highest BCUT2D eigenvalue weighted by molar-refractivity contribution is 5.93. The van der Waals surface area contributed by atoms with Gasteiger partial charge in [-0.15, -0.1) is 0 Å². The van der Waals surface area contributed by atoms with Crippen LogP contribution in [0.3, 0.4) is 0 Å². The van der Waals surface area contributed by atoms with Gasteiger partial charge in [0.1, 0.15) is 0 Å². The Labute approximate surface area is 150 Å². The first-order valence-electron chi connectivity index (χ1n) is 8.96. The van der Waals surface area contributed by atoms with Gasteiger partial charge in [0, 0.05) is 44.5 Å². The zero-order valence-corrected chi connectivity index (χ0v) is 15.9. The van der Waals surface area contributed by atoms with E-state index in [-0.39, 0.29) is 18.0 Å². The van der Waals surface area contributed by atoms with Gasteiger partial charge in [0.2, 0.25) is 5.91 Å². The van der Waals surface area contributed by atoms with Crippen LogP contribution < -0.4 is 10.6 Å². The maximum Gasteiger partial charge on any atom is 0.321 e. The summed E-state index contributed by atoms with van der Waals surface area (Å²) in [5, 5.41) is 5.74. The number of hydrogen-bond donors (Lipinski definition) is 2. The second-order valence-electron chi connectivity index (χ2n) is 6.98. The van der Waals surface area contributed by atoms with Crippen LogP contribution in [0, 0.1) is 12.8 Å². The number of nitrogens with one attached hydrogen (secondary N) is 2. The van der Waals surface area contributed by atoms with Gasteiger partial charge in [-0.25, -0.2) is 4.79 Å². The minimum absolute atomic E-state index is 0.112. The zero-order chi connectivity index (χ0) is 18.6. The minimum Gasteiger partial charge on any atom is -0.326 e. The molecule has 1 heterocycles. The van der Waals surface area contributed by atoms with Gasteiger partial charge in [0.15, 0.2) is 0 Å². The number of rotatable bonds is 4. The first-order valence-corrected chi connectivity index (χ1v) is 8.96. The smallest absolute Gasteiger partial charge is 0.321 e. The molecular formula is C19H30N4O2. The molecule has 2 N–H and O–H groups in total. The molecule has 3 amide bonds. The second-order valence-corrected chi connectivity index (χ2v) is 6.98. The fourth-order valence-electron chi connectivity index (χ4n) is 3.47. The Morgan fingerprint density at radius 1 is 1.32 bits per heavy atom. The van der Waals surface area contributed by atoms with Crippen LogP contribution in [0.25, 0.3) is 0 Å². The number of anilines is 2. The third-order valence-corrected chi connectivity index (χ3v) is 5.01. The monoisotopic (exact) mass is 346 g/mol. The SMILES string of the molecule is CCN1CC[C@@H](N(C)C(=O)Nc2ccc(C)c(NC(C)=O)c2)[C@@H](C)C1. The molecule has 0 radical (unpaired) electrons. The molecule has 0 aromatic heterocycles. The number of carbonyl (C=O) groups is 2. The summed E-state index contributed by atoms with van der Waals surface area (Å²) in [5.74, 6) is 0.317. The van der Waals surface area contributed by atoms with E-state index in [1.165, 1.54) is 6.92 Å². The van der Waals surface area contributed by atoms with E-state index in [1.54, 1.807) is 6.07 Å². The summed E-state index contributed by atoms with van der Waals surface area (Å²) in [5.41, 5.74) is 2.37. The number of amides is 3. The van der Waals surface area contributed by atoms with Crippen molar-refractivity contribution in [2.75, 3.05) is 37.3 Å². The van der Waals surface area contributed by atoms with Crippen molar-refractivity contribution in [1.82, 2.24) is 9.80 Å². The predicted octanol–water partition coefficient (Wildman–Crippen LogP) is 3.15. The van der Waals surface area contributed by atoms with Gasteiger partial charge in [-0.2, -0.15) is 0 Å². The highest BCUT2D eigenvalue weighted by atomic mass is 16.2. The summed E-state index contributed by atoms with van der Waals surface area (Å²) in [6, 6.07) is 5.67. The zero-order valence-electron chi connectivity index (χ0n) is 15.9. The van der Waals surface area contributed by atoms with E-state index in [2.05, 4.69) is 29.4 Å². The Balaban J connectivity index is 2.02. The Bertz CT molecular complexity index is 632. The van der Waals surface area contributed by atoms with Crippen molar-refractivity contribution in [2.24, 2.45) is 5.92 Å². The molecule has 0 unspecified atom stereocenters. The molecule has 25 heavy (non-hydrogen) atoms. The number of aryl methyl sites for hydroxylation is 1. The molecule has 1 saturated heterocycles. The highest BCUT2D eigenvalue weighted by Gasteiger charge is 2.30. The molecule has 1 aromatic rings. The lowest BCUT2D eigenvalue weighted by molar-refractivity contribution is -0.114. The van der Waals surface area contributed by atoms with Crippen LogP contribution in [0.5, 0.6) is 0 Å². The number of benzene rings is 1. The van der Waals surface area contributed by atoms with Crippen molar-refractivity contribution < 1.29 is 9.59 Å². The normalized spacial score (nSPS) is 20.8. The van der Waals surface area contributed by atoms with Crippen LogP contribution in [0.2, 0.25) is 0 Å². The summed E-state index contributed by atoms with van der Waals surface area (Å²) in [6.45, 7) is 10.9. The molecule has 0 bridgehead atoms. The number of likely N-dealkylation sites (tertiary alicyclic amines) is 1. The van der Waals surface area contributed by atoms with Crippen LogP contribution >= 0.6 is 0 Å². The lowest BCUT2D eigenvalue weighted by Gasteiger charge is -2.40. The van der Waals surface area contributed by atoms with Gasteiger partial charge >= 0.3 is 6.03 Å². The molecule has 0 saturated carbocycles. The fourth-order valence-corrected chi connectivity index (χ4v) is 3.47. The van der Waals surface area contributed by atoms with Crippen molar-refractivity contribution in [3.63, 3.8) is 0 Å². The fraction of sp³-hybridized carbons (Fsp3) is 0.579. The number of carbonyl (C=O) groups excluding carboxylic acids is 2. The van der Waals surface area contributed by atoms with Crippen molar-refractivity contribution >= 4 is 23.3 Å². The molecule has 1 aliphatic heterocycles. The third kappa shape index (κ3) is 4.95. The quantitative estimate of drug-likeness (QED) is 0.880. The van der Waals surface area contributed by atoms with Crippen LogP contribution in [-0.4, -0.2) is 54.5 Å². The van der Waals surface area contributed by atoms with Crippen molar-refractivity contribution in [1.29, 1.82) is 0 Å². The lowest BCUT2D eigenvalue weighted by atomic mass is 9.93. The van der Waals surface area contributed by atoms with E-state index in [1.807, 2.05) is 31.0 Å². The third-order valence-electron chi connectivity index (χ3n) is 5.01. The van der Waals surface area contributed by atoms with Gasteiger partial charge in [0.05, 0.1) is 0 Å². The molecule has 1 aromatic carbocycles. The molecule has 6 heteroatoms. The van der Waals surface area contributed by atoms with Crippen molar-refractivity contribution in [3.05, 3.63) is 23.8 Å². The molecular weight excluding hydrogens is 316 g/mol. The van der Waals surface area contributed by atoms with E-state index in [0.29, 0.717) is 11.6 Å². The van der Waals surface area contributed by atoms with Crippen molar-refractivity contribution in [3.8, 4) is 0 Å². The molecule has 1 fully saturated rings. The van der Waals surface area contributed by atoms with Gasteiger partial charge in [-0.3, -0.25) is 4.79 Å². The van der Waals surface area contributed by atoms with Crippen LogP contribution in [-0.2, 0) is 4.79 Å². The van der Waals surface area contributed by atoms with Gasteiger partial charge in [0.25, 0.3) is 0 Å². The predicted molar refractivity (Wildman–Crippen MR) is 102 cm³/mol. The largest absolute Gasteiger partial charge is 0.326 e. The van der Waals surface area contributed by atoms with E-state index in [4.69, 9.17) is 0 Å². The maximum absolute atomic E-state index is 12.6. The summed E-state index contributed by atoms with van der Waals surface area (Å²) >= 11 is 0. The van der Waals surface area contributed by atoms with Crippen LogP contribution in [0.15, 0.2) is 18.2 Å². The van der Waals surface area contributed by atoms with Crippen LogP contribution in [0.4, 0.5) is 16.2 Å². The Morgan fingerprint density at radius 2 is 2.04 bits per heavy atom. The summed E-state index contributed by atoms with van der Waals surface area (Å²) in [6.07, 6.45) is 0.990. The number of nitrogens with zero attached hydrogens (tertiary/aromatic N) is 2. The maximum atomic E-state index is 12.6. The Hall–Kier alpha value is -2.08. The van der Waals surface area contributed by atoms with E-state index < -0.39 is 0 Å². The molecule has 6 nitrogen and oxygen atoms in total. The molecule has 1 aliphatic rings. The molecule has 2 rings (SSSR count). The average Bonchev–Trinajstić information content (AvgIpc) is 2.56.